The Morgan fingerprint density at radius 2 is 1.71 bits per heavy atom. The number of rotatable bonds is 9. The predicted molar refractivity (Wildman–Crippen MR) is 138 cm³/mol. The lowest BCUT2D eigenvalue weighted by atomic mass is 10.1. The number of aryl methyl sites for hydroxylation is 3. The number of nitrogens with zero attached hydrogens (tertiary/aromatic N) is 2. The zero-order chi connectivity index (χ0) is 24.1. The Bertz CT molecular complexity index is 1280. The summed E-state index contributed by atoms with van der Waals surface area (Å²) in [5.74, 6) is 1.52. The molecule has 1 heterocycles. The highest BCUT2D eigenvalue weighted by atomic mass is 35.5. The first kappa shape index (κ1) is 24.1. The van der Waals surface area contributed by atoms with Crippen molar-refractivity contribution in [1.29, 1.82) is 0 Å². The Morgan fingerprint density at radius 1 is 1.00 bits per heavy atom. The number of hydrogen-bond donors (Lipinski definition) is 1. The zero-order valence-electron chi connectivity index (χ0n) is 19.3. The van der Waals surface area contributed by atoms with Crippen molar-refractivity contribution in [2.24, 2.45) is 0 Å². The molecule has 0 aliphatic rings. The maximum atomic E-state index is 12.5. The molecule has 1 N–H and O–H groups in total. The number of fused-ring (bicyclic) bond motifs is 1. The number of amides is 1. The van der Waals surface area contributed by atoms with Gasteiger partial charge >= 0.3 is 0 Å². The van der Waals surface area contributed by atoms with Gasteiger partial charge in [0.15, 0.2) is 0 Å². The third kappa shape index (κ3) is 5.72. The summed E-state index contributed by atoms with van der Waals surface area (Å²) in [4.78, 5) is 17.3. The minimum absolute atomic E-state index is 0.155. The van der Waals surface area contributed by atoms with Crippen LogP contribution in [-0.4, -0.2) is 22.1 Å². The summed E-state index contributed by atoms with van der Waals surface area (Å²) in [5, 5.41) is 4.36. The molecule has 0 atom stereocenters. The van der Waals surface area contributed by atoms with Crippen molar-refractivity contribution in [3.63, 3.8) is 0 Å². The number of para-hydroxylation sites is 2. The summed E-state index contributed by atoms with van der Waals surface area (Å²) in [6.07, 6.45) is 1.81. The molecule has 5 nitrogen and oxygen atoms in total. The third-order valence-corrected chi connectivity index (χ3v) is 6.55. The van der Waals surface area contributed by atoms with Crippen LogP contribution in [0.25, 0.3) is 11.0 Å². The molecular formula is C27H27Cl2N3O2. The fourth-order valence-corrected chi connectivity index (χ4v) is 4.16. The van der Waals surface area contributed by atoms with Crippen LogP contribution in [0.5, 0.6) is 5.75 Å². The maximum Gasteiger partial charge on any atom is 0.251 e. The van der Waals surface area contributed by atoms with Crippen molar-refractivity contribution in [3.05, 3.63) is 93.2 Å². The minimum atomic E-state index is -0.155. The summed E-state index contributed by atoms with van der Waals surface area (Å²) in [6.45, 7) is 5.72. The van der Waals surface area contributed by atoms with Crippen LogP contribution in [0.3, 0.4) is 0 Å². The van der Waals surface area contributed by atoms with Crippen molar-refractivity contribution < 1.29 is 9.53 Å². The first-order valence-electron chi connectivity index (χ1n) is 11.3. The normalized spacial score (nSPS) is 11.1. The van der Waals surface area contributed by atoms with E-state index in [0.29, 0.717) is 23.7 Å². The largest absolute Gasteiger partial charge is 0.494 e. The highest BCUT2D eigenvalue weighted by Crippen LogP contribution is 2.26. The Labute approximate surface area is 209 Å². The van der Waals surface area contributed by atoms with Crippen molar-refractivity contribution in [2.45, 2.75) is 39.8 Å². The Kier molecular flexibility index (Phi) is 7.76. The first-order chi connectivity index (χ1) is 16.4. The standard InChI is InChI=1S/C27H27Cl2N3O2/c1-18-15-22(16-19(2)26(18)29)34-14-6-5-13-32-24-8-4-3-7-23(24)31-25(32)17-30-27(33)20-9-11-21(28)12-10-20/h3-4,7-12,15-16H,5-6,13-14,17H2,1-2H3,(H,30,33). The van der Waals surface area contributed by atoms with E-state index < -0.39 is 0 Å². The smallest absolute Gasteiger partial charge is 0.251 e. The number of aromatic nitrogens is 2. The number of hydrogen-bond acceptors (Lipinski definition) is 3. The summed E-state index contributed by atoms with van der Waals surface area (Å²) in [7, 11) is 0. The molecule has 1 amide bonds. The van der Waals surface area contributed by atoms with Crippen LogP contribution in [0.2, 0.25) is 10.0 Å². The van der Waals surface area contributed by atoms with Crippen LogP contribution in [0.1, 0.15) is 40.2 Å². The molecule has 0 aliphatic heterocycles. The Balaban J connectivity index is 1.37. The number of unbranched alkanes of at least 4 members (excludes halogenated alkanes) is 1. The highest BCUT2D eigenvalue weighted by Gasteiger charge is 2.12. The van der Waals surface area contributed by atoms with Crippen molar-refractivity contribution >= 4 is 40.1 Å². The number of nitrogens with one attached hydrogen (secondary N) is 1. The van der Waals surface area contributed by atoms with Gasteiger partial charge in [0.25, 0.3) is 5.91 Å². The van der Waals surface area contributed by atoms with Gasteiger partial charge in [-0.15, -0.1) is 0 Å². The van der Waals surface area contributed by atoms with E-state index in [4.69, 9.17) is 32.9 Å². The van der Waals surface area contributed by atoms with E-state index in [1.54, 1.807) is 24.3 Å². The van der Waals surface area contributed by atoms with E-state index in [1.807, 2.05) is 44.2 Å². The van der Waals surface area contributed by atoms with Crippen molar-refractivity contribution in [1.82, 2.24) is 14.9 Å². The van der Waals surface area contributed by atoms with E-state index in [2.05, 4.69) is 16.0 Å². The van der Waals surface area contributed by atoms with Gasteiger partial charge in [0.1, 0.15) is 11.6 Å². The second kappa shape index (κ2) is 10.9. The zero-order valence-corrected chi connectivity index (χ0v) is 20.8. The highest BCUT2D eigenvalue weighted by molar-refractivity contribution is 6.32. The van der Waals surface area contributed by atoms with Crippen LogP contribution in [0.4, 0.5) is 0 Å². The minimum Gasteiger partial charge on any atom is -0.494 e. The van der Waals surface area contributed by atoms with Crippen LogP contribution in [0, 0.1) is 13.8 Å². The van der Waals surface area contributed by atoms with Gasteiger partial charge in [0.2, 0.25) is 0 Å². The van der Waals surface area contributed by atoms with E-state index in [0.717, 1.165) is 58.1 Å². The predicted octanol–water partition coefficient (Wildman–Crippen LogP) is 6.75. The summed E-state index contributed by atoms with van der Waals surface area (Å²) in [5.41, 5.74) is 4.58. The van der Waals surface area contributed by atoms with Crippen LogP contribution < -0.4 is 10.1 Å². The number of imidazole rings is 1. The topological polar surface area (TPSA) is 56.1 Å². The SMILES string of the molecule is Cc1cc(OCCCCn2c(CNC(=O)c3ccc(Cl)cc3)nc3ccccc32)cc(C)c1Cl. The molecule has 4 aromatic rings. The Morgan fingerprint density at radius 3 is 2.44 bits per heavy atom. The van der Waals surface area contributed by atoms with Crippen LogP contribution in [0.15, 0.2) is 60.7 Å². The number of halogens is 2. The van der Waals surface area contributed by atoms with Gasteiger partial charge in [-0.05, 0) is 86.3 Å². The fraction of sp³-hybridized carbons (Fsp3) is 0.259. The quantitative estimate of drug-likeness (QED) is 0.261. The molecule has 0 saturated carbocycles. The molecule has 0 saturated heterocycles. The van der Waals surface area contributed by atoms with E-state index in [9.17, 15) is 4.79 Å². The molecule has 0 unspecified atom stereocenters. The number of carbonyl (C=O) groups excluding carboxylic acids is 1. The second-order valence-electron chi connectivity index (χ2n) is 8.28. The molecule has 0 radical (unpaired) electrons. The average molecular weight is 496 g/mol. The van der Waals surface area contributed by atoms with Gasteiger partial charge in [-0.1, -0.05) is 35.3 Å². The molecule has 34 heavy (non-hydrogen) atoms. The monoisotopic (exact) mass is 495 g/mol. The van der Waals surface area contributed by atoms with E-state index in [-0.39, 0.29) is 5.91 Å². The first-order valence-corrected chi connectivity index (χ1v) is 12.1. The molecule has 0 fully saturated rings. The molecule has 3 aromatic carbocycles. The van der Waals surface area contributed by atoms with Crippen molar-refractivity contribution in [3.8, 4) is 5.75 Å². The number of carbonyl (C=O) groups is 1. The van der Waals surface area contributed by atoms with Crippen molar-refractivity contribution in [2.75, 3.05) is 6.61 Å². The van der Waals surface area contributed by atoms with Gasteiger partial charge in [0, 0.05) is 22.2 Å². The Hall–Kier alpha value is -3.02. The van der Waals surface area contributed by atoms with E-state index >= 15 is 0 Å². The second-order valence-corrected chi connectivity index (χ2v) is 9.10. The lowest BCUT2D eigenvalue weighted by molar-refractivity contribution is 0.0949. The van der Waals surface area contributed by atoms with Gasteiger partial charge in [-0.2, -0.15) is 0 Å². The molecule has 7 heteroatoms. The summed E-state index contributed by atoms with van der Waals surface area (Å²) < 4.78 is 8.12. The maximum absolute atomic E-state index is 12.5. The summed E-state index contributed by atoms with van der Waals surface area (Å²) >= 11 is 12.2. The lowest BCUT2D eigenvalue weighted by Crippen LogP contribution is -2.24. The fourth-order valence-electron chi connectivity index (χ4n) is 3.92. The van der Waals surface area contributed by atoms with Gasteiger partial charge in [-0.25, -0.2) is 4.98 Å². The summed E-state index contributed by atoms with van der Waals surface area (Å²) in [6, 6.07) is 18.8. The molecule has 176 valence electrons. The van der Waals surface area contributed by atoms with Gasteiger partial charge in [-0.3, -0.25) is 4.79 Å². The van der Waals surface area contributed by atoms with E-state index in [1.165, 1.54) is 0 Å². The number of ether oxygens (including phenoxy) is 1. The lowest BCUT2D eigenvalue weighted by Gasteiger charge is -2.12. The number of benzene rings is 3. The van der Waals surface area contributed by atoms with Crippen LogP contribution >= 0.6 is 23.2 Å². The molecule has 4 rings (SSSR count). The molecule has 0 aliphatic carbocycles. The molecular weight excluding hydrogens is 469 g/mol. The third-order valence-electron chi connectivity index (χ3n) is 5.70. The average Bonchev–Trinajstić information content (AvgIpc) is 3.18. The van der Waals surface area contributed by atoms with Crippen LogP contribution in [-0.2, 0) is 13.1 Å². The molecule has 1 aromatic heterocycles. The molecule has 0 bridgehead atoms. The van der Waals surface area contributed by atoms with Gasteiger partial charge < -0.3 is 14.6 Å². The van der Waals surface area contributed by atoms with Gasteiger partial charge in [0.05, 0.1) is 24.2 Å². The molecule has 0 spiro atoms.